The summed E-state index contributed by atoms with van der Waals surface area (Å²) >= 11 is 0. The van der Waals surface area contributed by atoms with E-state index in [4.69, 9.17) is 37.9 Å². The third-order valence-corrected chi connectivity index (χ3v) is 13.1. The minimum atomic E-state index is -0.900. The van der Waals surface area contributed by atoms with E-state index in [9.17, 15) is 19.2 Å². The maximum Gasteiger partial charge on any atom is 0.338 e. The smallest absolute Gasteiger partial charge is 0.338 e. The first-order valence-corrected chi connectivity index (χ1v) is 26.6. The highest BCUT2D eigenvalue weighted by atomic mass is 16.8. The fourth-order valence-corrected chi connectivity index (χ4v) is 8.98. The quantitative estimate of drug-likeness (QED) is 0.0363. The van der Waals surface area contributed by atoms with Gasteiger partial charge >= 0.3 is 23.9 Å². The van der Waals surface area contributed by atoms with E-state index in [-0.39, 0.29) is 26.4 Å². The summed E-state index contributed by atoms with van der Waals surface area (Å²) in [5.74, 6) is -3.52. The van der Waals surface area contributed by atoms with E-state index in [1.165, 1.54) is 36.8 Å². The normalized spacial score (nSPS) is 18.2. The van der Waals surface area contributed by atoms with Crippen LogP contribution in [0.1, 0.15) is 133 Å². The van der Waals surface area contributed by atoms with Crippen LogP contribution >= 0.6 is 0 Å². The molecule has 12 heteroatoms. The first-order chi connectivity index (χ1) is 36.7. The lowest BCUT2D eigenvalue weighted by Crippen LogP contribution is -2.33. The van der Waals surface area contributed by atoms with Gasteiger partial charge in [-0.3, -0.25) is 0 Å². The number of benzene rings is 6. The SMILES string of the molecule is CC1(C)O[C@H](COC(=O)c2ccc(-c3ccccc3)cc2)[C@@H](COC(=O)c2ccc(-c3ccccc3)cc2)O1.CCCCCc1ccc(C(=O)OC[C@H]2OC(C)(C)O[C@@H]2COC(=O)c2ccc(CCCCC)cc2)cc1. The Kier molecular flexibility index (Phi) is 20.7. The average molecular weight is 1030 g/mol. The van der Waals surface area contributed by atoms with Crippen molar-refractivity contribution in [2.24, 2.45) is 0 Å². The fraction of sp³-hybridized carbons (Fsp3) is 0.375. The molecular weight excluding hydrogens is 961 g/mol. The topological polar surface area (TPSA) is 142 Å². The molecule has 12 nitrogen and oxygen atoms in total. The van der Waals surface area contributed by atoms with Crippen molar-refractivity contribution >= 4 is 23.9 Å². The molecule has 0 aromatic heterocycles. The van der Waals surface area contributed by atoms with Gasteiger partial charge in [0.05, 0.1) is 22.3 Å². The first-order valence-electron chi connectivity index (χ1n) is 26.6. The molecule has 2 fully saturated rings. The predicted molar refractivity (Wildman–Crippen MR) is 292 cm³/mol. The number of hydrogen-bond acceptors (Lipinski definition) is 12. The Morgan fingerprint density at radius 1 is 0.355 bits per heavy atom. The molecule has 76 heavy (non-hydrogen) atoms. The fourth-order valence-electron chi connectivity index (χ4n) is 8.98. The molecule has 0 spiro atoms. The first kappa shape index (κ1) is 56.8. The van der Waals surface area contributed by atoms with E-state index < -0.39 is 59.9 Å². The minimum absolute atomic E-state index is 0.00912. The number of unbranched alkanes of at least 4 members (excludes halogenated alkanes) is 4. The highest BCUT2D eigenvalue weighted by Crippen LogP contribution is 2.31. The van der Waals surface area contributed by atoms with Crippen LogP contribution < -0.4 is 0 Å². The van der Waals surface area contributed by atoms with Crippen molar-refractivity contribution in [2.45, 2.75) is 129 Å². The molecule has 0 amide bonds. The molecule has 2 saturated heterocycles. The summed E-state index contributed by atoms with van der Waals surface area (Å²) in [5.41, 5.74) is 8.47. The lowest BCUT2D eigenvalue weighted by atomic mass is 10.0. The average Bonchev–Trinajstić information content (AvgIpc) is 3.93. The van der Waals surface area contributed by atoms with Gasteiger partial charge in [0.15, 0.2) is 11.6 Å². The van der Waals surface area contributed by atoms with E-state index in [0.29, 0.717) is 22.3 Å². The monoisotopic (exact) mass is 1030 g/mol. The lowest BCUT2D eigenvalue weighted by Gasteiger charge is -2.17. The van der Waals surface area contributed by atoms with E-state index in [1.807, 2.05) is 109 Å². The highest BCUT2D eigenvalue weighted by Gasteiger charge is 2.44. The van der Waals surface area contributed by atoms with E-state index >= 15 is 0 Å². The van der Waals surface area contributed by atoms with E-state index in [0.717, 1.165) is 47.9 Å². The van der Waals surface area contributed by atoms with Crippen molar-refractivity contribution in [3.8, 4) is 22.3 Å². The maximum absolute atomic E-state index is 12.7. The van der Waals surface area contributed by atoms with Gasteiger partial charge in [0.1, 0.15) is 50.8 Å². The minimum Gasteiger partial charge on any atom is -0.459 e. The summed E-state index contributed by atoms with van der Waals surface area (Å²) in [5, 5.41) is 0. The second-order valence-electron chi connectivity index (χ2n) is 20.0. The molecule has 6 aromatic rings. The summed E-state index contributed by atoms with van der Waals surface area (Å²) in [6.07, 6.45) is 6.82. The third-order valence-electron chi connectivity index (χ3n) is 13.1. The van der Waals surface area contributed by atoms with Crippen LogP contribution in [0.25, 0.3) is 22.3 Å². The molecule has 0 saturated carbocycles. The molecule has 6 aromatic carbocycles. The lowest BCUT2D eigenvalue weighted by molar-refractivity contribution is -0.152. The van der Waals surface area contributed by atoms with Crippen molar-refractivity contribution in [2.75, 3.05) is 26.4 Å². The number of rotatable bonds is 22. The zero-order valence-electron chi connectivity index (χ0n) is 44.7. The Bertz CT molecular complexity index is 2570. The molecule has 2 aliphatic rings. The number of hydrogen-bond donors (Lipinski definition) is 0. The molecule has 0 N–H and O–H groups in total. The summed E-state index contributed by atoms with van der Waals surface area (Å²) in [7, 11) is 0. The van der Waals surface area contributed by atoms with Gasteiger partial charge in [-0.05, 0) is 135 Å². The summed E-state index contributed by atoms with van der Waals surface area (Å²) in [6, 6.07) is 49.5. The Morgan fingerprint density at radius 3 is 0.868 bits per heavy atom. The molecule has 8 rings (SSSR count). The molecule has 4 atom stereocenters. The number of aryl methyl sites for hydroxylation is 2. The Morgan fingerprint density at radius 2 is 0.605 bits per heavy atom. The number of carbonyl (C=O) groups excluding carboxylic acids is 4. The van der Waals surface area contributed by atoms with E-state index in [1.54, 1.807) is 76.2 Å². The number of ether oxygens (including phenoxy) is 8. The van der Waals surface area contributed by atoms with Gasteiger partial charge in [0, 0.05) is 0 Å². The molecule has 400 valence electrons. The molecule has 0 unspecified atom stereocenters. The third kappa shape index (κ3) is 17.0. The van der Waals surface area contributed by atoms with Crippen LogP contribution in [0.3, 0.4) is 0 Å². The second-order valence-corrected chi connectivity index (χ2v) is 20.0. The van der Waals surface area contributed by atoms with Gasteiger partial charge in [0.25, 0.3) is 0 Å². The van der Waals surface area contributed by atoms with Crippen molar-refractivity contribution < 1.29 is 57.1 Å². The summed E-state index contributed by atoms with van der Waals surface area (Å²) in [6.45, 7) is 11.4. The summed E-state index contributed by atoms with van der Waals surface area (Å²) in [4.78, 5) is 50.6. The van der Waals surface area contributed by atoms with Crippen LogP contribution in [0.5, 0.6) is 0 Å². The molecule has 0 radical (unpaired) electrons. The van der Waals surface area contributed by atoms with Gasteiger partial charge in [0.2, 0.25) is 0 Å². The van der Waals surface area contributed by atoms with Crippen LogP contribution in [0.4, 0.5) is 0 Å². The van der Waals surface area contributed by atoms with Gasteiger partial charge in [-0.2, -0.15) is 0 Å². The van der Waals surface area contributed by atoms with Crippen LogP contribution in [0.2, 0.25) is 0 Å². The molecule has 0 bridgehead atoms. The Balaban J connectivity index is 0.000000222. The molecular formula is C64H72O12. The standard InChI is InChI=1S/C33H30O6.C31H42O6/c1-33(2)38-29(21-36-31(34)27-17-13-25(14-18-27)23-9-5-3-6-10-23)30(39-33)22-37-32(35)28-19-15-26(16-20-28)24-11-7-4-8-12-24;1-5-7-9-11-23-13-17-25(18-14-23)29(32)34-21-27-28(37-31(3,4)36-27)22-35-30(33)26-19-15-24(16-20-26)12-10-8-6-2/h3-20,29-30H,21-22H2,1-2H3;13-20,27-28H,5-12,21-22H2,1-4H3/t29-,30-;27-,28-/m11/s1. The van der Waals surface area contributed by atoms with Crippen LogP contribution in [0, 0.1) is 0 Å². The van der Waals surface area contributed by atoms with Crippen molar-refractivity contribution in [3.63, 3.8) is 0 Å². The molecule has 2 aliphatic heterocycles. The van der Waals surface area contributed by atoms with Crippen molar-refractivity contribution in [1.29, 1.82) is 0 Å². The zero-order chi connectivity index (χ0) is 53.9. The van der Waals surface area contributed by atoms with Gasteiger partial charge in [-0.1, -0.05) is 149 Å². The second kappa shape index (κ2) is 27.7. The van der Waals surface area contributed by atoms with Crippen molar-refractivity contribution in [3.05, 3.63) is 191 Å². The Labute approximate surface area is 447 Å². The number of carbonyl (C=O) groups is 4. The molecule has 2 heterocycles. The number of esters is 4. The molecule has 0 aliphatic carbocycles. The van der Waals surface area contributed by atoms with Gasteiger partial charge < -0.3 is 37.9 Å². The van der Waals surface area contributed by atoms with Crippen LogP contribution in [0.15, 0.2) is 158 Å². The van der Waals surface area contributed by atoms with Gasteiger partial charge in [-0.25, -0.2) is 19.2 Å². The zero-order valence-corrected chi connectivity index (χ0v) is 44.7. The van der Waals surface area contributed by atoms with Crippen LogP contribution in [-0.2, 0) is 50.7 Å². The maximum atomic E-state index is 12.7. The Hall–Kier alpha value is -6.96. The van der Waals surface area contributed by atoms with Gasteiger partial charge in [-0.15, -0.1) is 0 Å². The highest BCUT2D eigenvalue weighted by molar-refractivity contribution is 5.91. The van der Waals surface area contributed by atoms with E-state index in [2.05, 4.69) is 13.8 Å². The predicted octanol–water partition coefficient (Wildman–Crippen LogP) is 13.2. The van der Waals surface area contributed by atoms with Crippen LogP contribution in [-0.4, -0.2) is 86.3 Å². The van der Waals surface area contributed by atoms with Crippen molar-refractivity contribution in [1.82, 2.24) is 0 Å². The largest absolute Gasteiger partial charge is 0.459 e. The summed E-state index contributed by atoms with van der Waals surface area (Å²) < 4.78 is 45.9.